The molecule has 1 rings (SSSR count). The average Bonchev–Trinajstić information content (AvgIpc) is 2.33. The Kier molecular flexibility index (Phi) is 22.8. The Balaban J connectivity index is -0.000000199. The fourth-order valence-electron chi connectivity index (χ4n) is 2.03. The molecule has 0 radical (unpaired) electrons. The summed E-state index contributed by atoms with van der Waals surface area (Å²) in [5.41, 5.74) is 0. The van der Waals surface area contributed by atoms with Crippen molar-refractivity contribution in [2.45, 2.75) is 32.1 Å². The van der Waals surface area contributed by atoms with E-state index in [-0.39, 0.29) is 40.0 Å². The Bertz CT molecular complexity index is 318. The number of carboxylic acids is 1. The molecule has 10 nitrogen and oxygen atoms in total. The molecule has 0 aromatic rings. The Labute approximate surface area is 150 Å². The molecule has 0 amide bonds. The van der Waals surface area contributed by atoms with Gasteiger partial charge >= 0.3 is 21.1 Å². The van der Waals surface area contributed by atoms with Gasteiger partial charge in [-0.2, -0.15) is 0 Å². The second-order valence-electron chi connectivity index (χ2n) is 4.73. The minimum absolute atomic E-state index is 0. The van der Waals surface area contributed by atoms with Gasteiger partial charge in [0.15, 0.2) is 0 Å². The van der Waals surface area contributed by atoms with E-state index in [0.29, 0.717) is 6.42 Å². The number of likely N-dealkylation sites (tertiary alicyclic amines) is 1. The molecule has 1 aliphatic heterocycles. The summed E-state index contributed by atoms with van der Waals surface area (Å²) >= 11 is 0. The van der Waals surface area contributed by atoms with Crippen LogP contribution in [0.5, 0.6) is 0 Å². The van der Waals surface area contributed by atoms with Gasteiger partial charge in [0.1, 0.15) is 0 Å². The predicted octanol–water partition coefficient (Wildman–Crippen LogP) is -1.63. The fraction of sp³-hybridized carbons (Fsp3) is 0.909. The van der Waals surface area contributed by atoms with Crippen molar-refractivity contribution < 1.29 is 55.3 Å². The maximum atomic E-state index is 10.5. The van der Waals surface area contributed by atoms with Crippen LogP contribution in [0.15, 0.2) is 0 Å². The van der Waals surface area contributed by atoms with Gasteiger partial charge in [0.2, 0.25) is 0 Å². The predicted molar refractivity (Wildman–Crippen MR) is 77.2 cm³/mol. The SMILES string of the molecule is N.N.O=C([O-])C(CO)CCCN1CCCCC1.O=P([O-])(O)O.[Pt+2]. The zero-order valence-corrected chi connectivity index (χ0v) is 16.2. The van der Waals surface area contributed by atoms with E-state index in [9.17, 15) is 9.90 Å². The molecular formula is C11H28N3O7PPt. The van der Waals surface area contributed by atoms with Crippen LogP contribution < -0.4 is 22.3 Å². The molecule has 12 heteroatoms. The minimum atomic E-state index is -4.89. The topological polar surface area (TPSA) is 214 Å². The van der Waals surface area contributed by atoms with E-state index in [0.717, 1.165) is 26.1 Å². The first kappa shape index (κ1) is 30.9. The molecule has 0 aromatic heterocycles. The number of piperidine rings is 1. The van der Waals surface area contributed by atoms with Crippen LogP contribution in [0.25, 0.3) is 0 Å². The minimum Gasteiger partial charge on any atom is -0.756 e. The van der Waals surface area contributed by atoms with Crippen LogP contribution in [0.1, 0.15) is 32.1 Å². The largest absolute Gasteiger partial charge is 2.00 e. The Morgan fingerprint density at radius 2 is 1.61 bits per heavy atom. The maximum Gasteiger partial charge on any atom is 2.00 e. The molecule has 1 fully saturated rings. The number of aliphatic carboxylic acids is 1. The third-order valence-corrected chi connectivity index (χ3v) is 3.03. The van der Waals surface area contributed by atoms with Crippen molar-refractivity contribution in [3.63, 3.8) is 0 Å². The number of hydrogen-bond donors (Lipinski definition) is 5. The summed E-state index contributed by atoms with van der Waals surface area (Å²) in [5.74, 6) is -1.81. The second-order valence-corrected chi connectivity index (χ2v) is 5.71. The summed E-state index contributed by atoms with van der Waals surface area (Å²) < 4.78 is 8.77. The van der Waals surface area contributed by atoms with Gasteiger partial charge in [-0.15, -0.1) is 0 Å². The standard InChI is InChI=1S/C11H21NO3.2H3N.H3O4P.Pt/c13-9-10(11(14)15)5-4-8-12-6-2-1-3-7-12;;;1-5(2,3)4;/h10,13H,1-9H2,(H,14,15);2*1H3;(H3,1,2,3,4);/q;;;;+2/p-2. The quantitative estimate of drug-likeness (QED) is 0.243. The summed E-state index contributed by atoms with van der Waals surface area (Å²) in [5, 5.41) is 19.3. The fourth-order valence-corrected chi connectivity index (χ4v) is 2.03. The first-order valence-corrected chi connectivity index (χ1v) is 8.07. The molecule has 1 aliphatic rings. The van der Waals surface area contributed by atoms with Crippen LogP contribution in [0.2, 0.25) is 0 Å². The van der Waals surface area contributed by atoms with Crippen LogP contribution in [0.4, 0.5) is 0 Å². The Morgan fingerprint density at radius 1 is 1.17 bits per heavy atom. The van der Waals surface area contributed by atoms with Crippen molar-refractivity contribution in [1.29, 1.82) is 0 Å². The molecule has 0 aliphatic carbocycles. The molecule has 0 saturated carbocycles. The van der Waals surface area contributed by atoms with E-state index in [2.05, 4.69) is 4.90 Å². The van der Waals surface area contributed by atoms with E-state index >= 15 is 0 Å². The number of carboxylic acid groups (broad SMARTS) is 1. The molecule has 1 heterocycles. The van der Waals surface area contributed by atoms with Crippen molar-refractivity contribution in [2.75, 3.05) is 26.2 Å². The van der Waals surface area contributed by atoms with Gasteiger partial charge < -0.3 is 46.9 Å². The number of carbonyl (C=O) groups excluding carboxylic acids is 1. The van der Waals surface area contributed by atoms with E-state index in [1.807, 2.05) is 0 Å². The molecule has 23 heavy (non-hydrogen) atoms. The Morgan fingerprint density at radius 3 is 1.96 bits per heavy atom. The third kappa shape index (κ3) is 22.1. The van der Waals surface area contributed by atoms with E-state index < -0.39 is 19.7 Å². The summed E-state index contributed by atoms with van der Waals surface area (Å²) in [6, 6.07) is 0. The number of aliphatic hydroxyl groups is 1. The Hall–Kier alpha value is 0.108. The second kappa shape index (κ2) is 16.9. The number of phosphoric acid groups is 1. The van der Waals surface area contributed by atoms with Gasteiger partial charge in [0, 0.05) is 11.9 Å². The smallest absolute Gasteiger partial charge is 0.756 e. The third-order valence-electron chi connectivity index (χ3n) is 3.03. The molecule has 0 aromatic carbocycles. The van der Waals surface area contributed by atoms with Crippen LogP contribution in [-0.4, -0.2) is 52.0 Å². The van der Waals surface area contributed by atoms with Gasteiger partial charge in [-0.3, -0.25) is 4.57 Å². The van der Waals surface area contributed by atoms with Gasteiger partial charge in [-0.1, -0.05) is 6.42 Å². The monoisotopic (exact) mass is 540 g/mol. The summed E-state index contributed by atoms with van der Waals surface area (Å²) in [7, 11) is -4.89. The maximum absolute atomic E-state index is 10.5. The normalized spacial score (nSPS) is 15.7. The van der Waals surface area contributed by atoms with Crippen LogP contribution in [0, 0.1) is 5.92 Å². The number of aliphatic hydroxyl groups excluding tert-OH is 1. The summed E-state index contributed by atoms with van der Waals surface area (Å²) in [6.45, 7) is 2.91. The first-order valence-electron chi connectivity index (χ1n) is 6.54. The van der Waals surface area contributed by atoms with Crippen LogP contribution >= 0.6 is 7.82 Å². The molecule has 9 N–H and O–H groups in total. The van der Waals surface area contributed by atoms with E-state index in [4.69, 9.17) is 24.4 Å². The zero-order valence-electron chi connectivity index (χ0n) is 13.0. The molecule has 1 unspecified atom stereocenters. The van der Waals surface area contributed by atoms with Gasteiger partial charge in [-0.25, -0.2) is 0 Å². The average molecular weight is 540 g/mol. The van der Waals surface area contributed by atoms with Crippen LogP contribution in [-0.2, 0) is 30.4 Å². The van der Waals surface area contributed by atoms with Crippen LogP contribution in [0.3, 0.4) is 0 Å². The molecule has 144 valence electrons. The molecule has 1 saturated heterocycles. The zero-order chi connectivity index (χ0) is 15.6. The van der Waals surface area contributed by atoms with Gasteiger partial charge in [0.05, 0.1) is 6.61 Å². The van der Waals surface area contributed by atoms with Crippen molar-refractivity contribution in [2.24, 2.45) is 5.92 Å². The van der Waals surface area contributed by atoms with E-state index in [1.54, 1.807) is 0 Å². The first-order chi connectivity index (χ1) is 9.24. The summed E-state index contributed by atoms with van der Waals surface area (Å²) in [6.07, 6.45) is 5.18. The van der Waals surface area contributed by atoms with Gasteiger partial charge in [-0.05, 0) is 45.3 Å². The van der Waals surface area contributed by atoms with Crippen molar-refractivity contribution in [1.82, 2.24) is 17.2 Å². The number of nitrogens with zero attached hydrogens (tertiary/aromatic N) is 1. The van der Waals surface area contributed by atoms with Crippen molar-refractivity contribution in [3.05, 3.63) is 0 Å². The molecule has 0 spiro atoms. The van der Waals surface area contributed by atoms with Crippen molar-refractivity contribution >= 4 is 13.8 Å². The molecule has 0 bridgehead atoms. The molecule has 1 atom stereocenters. The number of rotatable bonds is 6. The molecular weight excluding hydrogens is 512 g/mol. The van der Waals surface area contributed by atoms with E-state index in [1.165, 1.54) is 19.3 Å². The van der Waals surface area contributed by atoms with Gasteiger partial charge in [0.25, 0.3) is 7.82 Å². The van der Waals surface area contributed by atoms with Crippen molar-refractivity contribution in [3.8, 4) is 0 Å². The number of hydrogen-bond acceptors (Lipinski definition) is 8. The summed E-state index contributed by atoms with van der Waals surface area (Å²) in [4.78, 5) is 35.8. The number of carbonyl (C=O) groups is 1.